The van der Waals surface area contributed by atoms with Crippen molar-refractivity contribution in [2.24, 2.45) is 0 Å². The van der Waals surface area contributed by atoms with Crippen molar-refractivity contribution in [1.82, 2.24) is 0 Å². The lowest BCUT2D eigenvalue weighted by atomic mass is 9.90. The molecule has 0 fully saturated rings. The number of hydrogen-bond acceptors (Lipinski definition) is 1. The van der Waals surface area contributed by atoms with Crippen LogP contribution in [0.1, 0.15) is 51.5 Å². The third-order valence-corrected chi connectivity index (χ3v) is 5.88. The summed E-state index contributed by atoms with van der Waals surface area (Å²) in [5.74, 6) is 0. The van der Waals surface area contributed by atoms with Crippen LogP contribution in [-0.2, 0) is 5.60 Å². The normalized spacial score (nSPS) is 15.3. The molecule has 0 aliphatic rings. The van der Waals surface area contributed by atoms with Gasteiger partial charge in [-0.1, -0.05) is 81.7 Å². The zero-order chi connectivity index (χ0) is 14.5. The lowest BCUT2D eigenvalue weighted by Crippen LogP contribution is -2.44. The minimum Gasteiger partial charge on any atom is -0.385 e. The fourth-order valence-corrected chi connectivity index (χ4v) is 4.39. The molecule has 0 aliphatic heterocycles. The second-order valence-electron chi connectivity index (χ2n) is 6.88. The zero-order valence-corrected chi connectivity index (χ0v) is 14.3. The van der Waals surface area contributed by atoms with Crippen LogP contribution < -0.4 is 5.19 Å². The van der Waals surface area contributed by atoms with Gasteiger partial charge in [-0.25, -0.2) is 0 Å². The van der Waals surface area contributed by atoms with E-state index in [-0.39, 0.29) is 0 Å². The van der Waals surface area contributed by atoms with E-state index in [0.717, 1.165) is 18.4 Å². The summed E-state index contributed by atoms with van der Waals surface area (Å²) in [5, 5.41) is 12.3. The first kappa shape index (κ1) is 16.5. The Morgan fingerprint density at radius 2 is 1.68 bits per heavy atom. The average molecular weight is 279 g/mol. The molecular formula is C17H30OSi. The van der Waals surface area contributed by atoms with Crippen LogP contribution in [-0.4, -0.2) is 13.2 Å². The molecule has 0 bridgehead atoms. The van der Waals surface area contributed by atoms with Crippen LogP contribution in [0, 0.1) is 0 Å². The van der Waals surface area contributed by atoms with Gasteiger partial charge < -0.3 is 5.11 Å². The van der Waals surface area contributed by atoms with Crippen molar-refractivity contribution in [2.45, 2.75) is 71.2 Å². The monoisotopic (exact) mass is 278 g/mol. The Labute approximate surface area is 120 Å². The van der Waals surface area contributed by atoms with Crippen LogP contribution in [0.4, 0.5) is 0 Å². The maximum Gasteiger partial charge on any atom is 0.0867 e. The highest BCUT2D eigenvalue weighted by atomic mass is 28.3. The number of aliphatic hydroxyl groups is 1. The summed E-state index contributed by atoms with van der Waals surface area (Å²) >= 11 is 0. The molecule has 1 aromatic carbocycles. The molecule has 0 aromatic heterocycles. The Kier molecular flexibility index (Phi) is 5.81. The van der Waals surface area contributed by atoms with Gasteiger partial charge in [0.2, 0.25) is 0 Å². The molecule has 0 radical (unpaired) electrons. The van der Waals surface area contributed by atoms with E-state index in [1.165, 1.54) is 24.4 Å². The molecule has 19 heavy (non-hydrogen) atoms. The Bertz CT molecular complexity index is 390. The van der Waals surface area contributed by atoms with Crippen molar-refractivity contribution >= 4 is 13.3 Å². The van der Waals surface area contributed by atoms with Crippen molar-refractivity contribution in [2.75, 3.05) is 0 Å². The number of benzene rings is 1. The van der Waals surface area contributed by atoms with Gasteiger partial charge >= 0.3 is 0 Å². The highest BCUT2D eigenvalue weighted by molar-refractivity contribution is 6.89. The van der Waals surface area contributed by atoms with E-state index in [9.17, 15) is 5.11 Å². The molecule has 0 saturated heterocycles. The van der Waals surface area contributed by atoms with Crippen LogP contribution in [0.15, 0.2) is 24.3 Å². The summed E-state index contributed by atoms with van der Waals surface area (Å²) in [6, 6.07) is 8.49. The van der Waals surface area contributed by atoms with Crippen LogP contribution in [0.25, 0.3) is 0 Å². The summed E-state index contributed by atoms with van der Waals surface area (Å²) in [4.78, 5) is 0. The second-order valence-corrected chi connectivity index (χ2v) is 11.9. The molecule has 0 heterocycles. The third-order valence-electron chi connectivity index (χ3n) is 3.83. The molecule has 108 valence electrons. The number of unbranched alkanes of at least 4 members (excludes halogenated alkanes) is 3. The lowest BCUT2D eigenvalue weighted by molar-refractivity contribution is 0.0458. The SMILES string of the molecule is CCCCCCC(C)(O)c1ccccc1[Si](C)(C)C. The predicted octanol–water partition coefficient (Wildman–Crippen LogP) is 4.41. The first-order chi connectivity index (χ1) is 8.79. The van der Waals surface area contributed by atoms with Gasteiger partial charge in [0.15, 0.2) is 0 Å². The fraction of sp³-hybridized carbons (Fsp3) is 0.647. The highest BCUT2D eigenvalue weighted by Gasteiger charge is 2.29. The Morgan fingerprint density at radius 3 is 2.26 bits per heavy atom. The van der Waals surface area contributed by atoms with Gasteiger partial charge in [-0.05, 0) is 18.9 Å². The van der Waals surface area contributed by atoms with E-state index in [2.05, 4.69) is 50.8 Å². The van der Waals surface area contributed by atoms with Gasteiger partial charge in [-0.15, -0.1) is 0 Å². The first-order valence-corrected chi connectivity index (χ1v) is 11.1. The highest BCUT2D eigenvalue weighted by Crippen LogP contribution is 2.27. The van der Waals surface area contributed by atoms with Gasteiger partial charge in [0.05, 0.1) is 13.7 Å². The number of rotatable bonds is 7. The van der Waals surface area contributed by atoms with Gasteiger partial charge in [-0.3, -0.25) is 0 Å². The minimum atomic E-state index is -1.40. The standard InChI is InChI=1S/C17H30OSi/c1-6-7-8-11-14-17(2,18)15-12-9-10-13-16(15)19(3,4)5/h9-10,12-13,18H,6-8,11,14H2,1-5H3. The fourth-order valence-electron chi connectivity index (χ4n) is 2.64. The van der Waals surface area contributed by atoms with E-state index in [1.54, 1.807) is 0 Å². The molecule has 1 N–H and O–H groups in total. The molecule has 1 aromatic rings. The molecule has 0 aliphatic carbocycles. The number of hydrogen-bond donors (Lipinski definition) is 1. The van der Waals surface area contributed by atoms with Crippen molar-refractivity contribution in [3.63, 3.8) is 0 Å². The molecule has 0 spiro atoms. The van der Waals surface area contributed by atoms with Crippen LogP contribution >= 0.6 is 0 Å². The van der Waals surface area contributed by atoms with Crippen LogP contribution in [0.5, 0.6) is 0 Å². The molecule has 0 amide bonds. The van der Waals surface area contributed by atoms with E-state index < -0.39 is 13.7 Å². The largest absolute Gasteiger partial charge is 0.385 e. The maximum atomic E-state index is 10.9. The lowest BCUT2D eigenvalue weighted by Gasteiger charge is -2.31. The molecule has 1 nitrogen and oxygen atoms in total. The van der Waals surface area contributed by atoms with Crippen LogP contribution in [0.3, 0.4) is 0 Å². The zero-order valence-electron chi connectivity index (χ0n) is 13.3. The minimum absolute atomic E-state index is 0.676. The van der Waals surface area contributed by atoms with E-state index in [1.807, 2.05) is 6.92 Å². The van der Waals surface area contributed by atoms with Crippen molar-refractivity contribution in [3.8, 4) is 0 Å². The average Bonchev–Trinajstić information content (AvgIpc) is 2.34. The van der Waals surface area contributed by atoms with E-state index in [4.69, 9.17) is 0 Å². The van der Waals surface area contributed by atoms with E-state index >= 15 is 0 Å². The van der Waals surface area contributed by atoms with Crippen LogP contribution in [0.2, 0.25) is 19.6 Å². The van der Waals surface area contributed by atoms with Crippen molar-refractivity contribution < 1.29 is 5.11 Å². The summed E-state index contributed by atoms with van der Waals surface area (Å²) in [6.45, 7) is 11.2. The molecule has 1 rings (SSSR count). The topological polar surface area (TPSA) is 20.2 Å². The van der Waals surface area contributed by atoms with Gasteiger partial charge in [-0.2, -0.15) is 0 Å². The molecule has 2 heteroatoms. The summed E-state index contributed by atoms with van der Waals surface area (Å²) in [7, 11) is -1.40. The van der Waals surface area contributed by atoms with Gasteiger partial charge in [0, 0.05) is 0 Å². The molecule has 0 saturated carbocycles. The maximum absolute atomic E-state index is 10.9. The van der Waals surface area contributed by atoms with E-state index in [0.29, 0.717) is 0 Å². The molecule has 1 atom stereocenters. The third kappa shape index (κ3) is 4.77. The summed E-state index contributed by atoms with van der Waals surface area (Å²) < 4.78 is 0. The Balaban J connectivity index is 2.88. The van der Waals surface area contributed by atoms with Gasteiger partial charge in [0.1, 0.15) is 0 Å². The van der Waals surface area contributed by atoms with Crippen molar-refractivity contribution in [3.05, 3.63) is 29.8 Å². The van der Waals surface area contributed by atoms with Crippen molar-refractivity contribution in [1.29, 1.82) is 0 Å². The Hall–Kier alpha value is -0.603. The smallest absolute Gasteiger partial charge is 0.0867 e. The quantitative estimate of drug-likeness (QED) is 0.578. The summed E-state index contributed by atoms with van der Waals surface area (Å²) in [6.07, 6.45) is 5.72. The second kappa shape index (κ2) is 6.71. The molecule has 1 unspecified atom stereocenters. The summed E-state index contributed by atoms with van der Waals surface area (Å²) in [5.41, 5.74) is 0.482. The molecular weight excluding hydrogens is 248 g/mol. The first-order valence-electron chi connectivity index (χ1n) is 7.61. The predicted molar refractivity (Wildman–Crippen MR) is 87.8 cm³/mol. The Morgan fingerprint density at radius 1 is 1.05 bits per heavy atom. The van der Waals surface area contributed by atoms with Gasteiger partial charge in [0.25, 0.3) is 0 Å².